The fourth-order valence-corrected chi connectivity index (χ4v) is 2.83. The predicted molar refractivity (Wildman–Crippen MR) is 79.3 cm³/mol. The number of benzene rings is 1. The van der Waals surface area contributed by atoms with Gasteiger partial charge in [-0.2, -0.15) is 0 Å². The van der Waals surface area contributed by atoms with Gasteiger partial charge in [-0.3, -0.25) is 14.4 Å². The number of nitrogens with zero attached hydrogens (tertiary/aromatic N) is 1. The third-order valence-corrected chi connectivity index (χ3v) is 4.41. The molecule has 6 heteroatoms. The molecule has 2 amide bonds. The molecule has 1 aromatic carbocycles. The van der Waals surface area contributed by atoms with E-state index in [9.17, 15) is 14.4 Å². The normalized spacial score (nSPS) is 23.0. The molecule has 3 rings (SSSR count). The summed E-state index contributed by atoms with van der Waals surface area (Å²) in [5.74, 6) is -1.81. The molecule has 2 aliphatic rings. The number of anilines is 1. The maximum absolute atomic E-state index is 12.5. The molecular formula is C16H18N2O4. The molecule has 1 heterocycles. The highest BCUT2D eigenvalue weighted by Gasteiger charge is 2.57. The number of carboxylic acids is 1. The zero-order valence-corrected chi connectivity index (χ0v) is 12.1. The van der Waals surface area contributed by atoms with Gasteiger partial charge in [0.15, 0.2) is 0 Å². The highest BCUT2D eigenvalue weighted by Crippen LogP contribution is 2.46. The highest BCUT2D eigenvalue weighted by molar-refractivity contribution is 6.07. The summed E-state index contributed by atoms with van der Waals surface area (Å²) in [7, 11) is 0. The van der Waals surface area contributed by atoms with E-state index in [1.54, 1.807) is 4.90 Å². The van der Waals surface area contributed by atoms with Crippen molar-refractivity contribution >= 4 is 23.5 Å². The van der Waals surface area contributed by atoms with Crippen LogP contribution in [0.3, 0.4) is 0 Å². The first-order chi connectivity index (χ1) is 10.5. The van der Waals surface area contributed by atoms with Crippen LogP contribution in [0, 0.1) is 5.41 Å². The van der Waals surface area contributed by atoms with Crippen LogP contribution < -0.4 is 10.2 Å². The van der Waals surface area contributed by atoms with Crippen molar-refractivity contribution < 1.29 is 19.5 Å². The molecule has 22 heavy (non-hydrogen) atoms. The van der Waals surface area contributed by atoms with Crippen molar-refractivity contribution in [1.29, 1.82) is 0 Å². The first-order valence-corrected chi connectivity index (χ1v) is 7.45. The lowest BCUT2D eigenvalue weighted by Gasteiger charge is -2.33. The SMILES string of the molecule is O=C1[C@@H](NC(=O)C2(C(=O)O)CC2)CCCN1c1ccccc1. The summed E-state index contributed by atoms with van der Waals surface area (Å²) < 4.78 is 0. The number of carboxylic acid groups (broad SMARTS) is 1. The van der Waals surface area contributed by atoms with Gasteiger partial charge in [0.25, 0.3) is 0 Å². The summed E-state index contributed by atoms with van der Waals surface area (Å²) in [6, 6.07) is 8.64. The van der Waals surface area contributed by atoms with Crippen LogP contribution in [0.4, 0.5) is 5.69 Å². The number of para-hydroxylation sites is 1. The second-order valence-electron chi connectivity index (χ2n) is 5.88. The van der Waals surface area contributed by atoms with Crippen LogP contribution in [0.2, 0.25) is 0 Å². The lowest BCUT2D eigenvalue weighted by Crippen LogP contribution is -2.54. The summed E-state index contributed by atoms with van der Waals surface area (Å²) in [5.41, 5.74) is -0.513. The Kier molecular flexibility index (Phi) is 3.60. The van der Waals surface area contributed by atoms with Crippen molar-refractivity contribution in [3.8, 4) is 0 Å². The predicted octanol–water partition coefficient (Wildman–Crippen LogP) is 1.16. The van der Waals surface area contributed by atoms with Crippen LogP contribution in [0.15, 0.2) is 30.3 Å². The summed E-state index contributed by atoms with van der Waals surface area (Å²) in [4.78, 5) is 37.5. The largest absolute Gasteiger partial charge is 0.480 e. The molecule has 6 nitrogen and oxygen atoms in total. The van der Waals surface area contributed by atoms with Crippen LogP contribution in [-0.2, 0) is 14.4 Å². The van der Waals surface area contributed by atoms with Gasteiger partial charge in [0.1, 0.15) is 11.5 Å². The molecule has 1 aliphatic carbocycles. The highest BCUT2D eigenvalue weighted by atomic mass is 16.4. The molecule has 2 fully saturated rings. The Balaban J connectivity index is 1.71. The summed E-state index contributed by atoms with van der Waals surface area (Å²) in [6.07, 6.45) is 2.00. The zero-order chi connectivity index (χ0) is 15.7. The number of hydrogen-bond acceptors (Lipinski definition) is 3. The van der Waals surface area contributed by atoms with E-state index in [1.807, 2.05) is 30.3 Å². The van der Waals surface area contributed by atoms with Gasteiger partial charge in [0, 0.05) is 12.2 Å². The molecule has 0 unspecified atom stereocenters. The minimum Gasteiger partial charge on any atom is -0.480 e. The number of rotatable bonds is 4. The number of aliphatic carboxylic acids is 1. The molecule has 0 bridgehead atoms. The van der Waals surface area contributed by atoms with Crippen molar-refractivity contribution in [3.05, 3.63) is 30.3 Å². The zero-order valence-electron chi connectivity index (χ0n) is 12.1. The lowest BCUT2D eigenvalue weighted by molar-refractivity contribution is -0.150. The Morgan fingerprint density at radius 3 is 2.50 bits per heavy atom. The van der Waals surface area contributed by atoms with E-state index in [2.05, 4.69) is 5.32 Å². The minimum atomic E-state index is -1.31. The van der Waals surface area contributed by atoms with Gasteiger partial charge in [-0.25, -0.2) is 0 Å². The maximum atomic E-state index is 12.5. The molecule has 116 valence electrons. The molecule has 1 saturated heterocycles. The van der Waals surface area contributed by atoms with Crippen LogP contribution in [0.1, 0.15) is 25.7 Å². The van der Waals surface area contributed by atoms with E-state index in [1.165, 1.54) is 0 Å². The molecule has 1 aromatic rings. The Labute approximate surface area is 128 Å². The van der Waals surface area contributed by atoms with Gasteiger partial charge < -0.3 is 15.3 Å². The molecule has 2 N–H and O–H groups in total. The molecule has 0 aromatic heterocycles. The number of carbonyl (C=O) groups is 3. The van der Waals surface area contributed by atoms with Crippen LogP contribution >= 0.6 is 0 Å². The van der Waals surface area contributed by atoms with E-state index in [0.717, 1.165) is 12.1 Å². The van der Waals surface area contributed by atoms with Crippen molar-refractivity contribution in [2.45, 2.75) is 31.7 Å². The van der Waals surface area contributed by atoms with Gasteiger partial charge >= 0.3 is 5.97 Å². The topological polar surface area (TPSA) is 86.7 Å². The Hall–Kier alpha value is -2.37. The third kappa shape index (κ3) is 2.45. The Morgan fingerprint density at radius 2 is 1.91 bits per heavy atom. The van der Waals surface area contributed by atoms with Crippen molar-refractivity contribution in [2.24, 2.45) is 5.41 Å². The summed E-state index contributed by atoms with van der Waals surface area (Å²) >= 11 is 0. The fourth-order valence-electron chi connectivity index (χ4n) is 2.83. The first kappa shape index (κ1) is 14.6. The molecule has 1 aliphatic heterocycles. The van der Waals surface area contributed by atoms with E-state index in [0.29, 0.717) is 25.8 Å². The number of hydrogen-bond donors (Lipinski definition) is 2. The molecule has 1 saturated carbocycles. The average Bonchev–Trinajstić information content (AvgIpc) is 3.32. The smallest absolute Gasteiger partial charge is 0.319 e. The van der Waals surface area contributed by atoms with Gasteiger partial charge in [-0.1, -0.05) is 18.2 Å². The second-order valence-corrected chi connectivity index (χ2v) is 5.88. The van der Waals surface area contributed by atoms with Crippen molar-refractivity contribution in [2.75, 3.05) is 11.4 Å². The maximum Gasteiger partial charge on any atom is 0.319 e. The van der Waals surface area contributed by atoms with Gasteiger partial charge in [-0.05, 0) is 37.8 Å². The van der Waals surface area contributed by atoms with Crippen molar-refractivity contribution in [3.63, 3.8) is 0 Å². The second kappa shape index (κ2) is 5.44. The van der Waals surface area contributed by atoms with E-state index >= 15 is 0 Å². The minimum absolute atomic E-state index is 0.174. The number of piperidine rings is 1. The molecular weight excluding hydrogens is 284 g/mol. The Bertz CT molecular complexity index is 610. The average molecular weight is 302 g/mol. The van der Waals surface area contributed by atoms with Crippen LogP contribution in [0.25, 0.3) is 0 Å². The lowest BCUT2D eigenvalue weighted by atomic mass is 10.0. The van der Waals surface area contributed by atoms with E-state index in [-0.39, 0.29) is 5.91 Å². The van der Waals surface area contributed by atoms with Crippen LogP contribution in [0.5, 0.6) is 0 Å². The van der Waals surface area contributed by atoms with E-state index < -0.39 is 23.3 Å². The van der Waals surface area contributed by atoms with Crippen LogP contribution in [-0.4, -0.2) is 35.5 Å². The first-order valence-electron chi connectivity index (χ1n) is 7.45. The van der Waals surface area contributed by atoms with E-state index in [4.69, 9.17) is 5.11 Å². The number of nitrogens with one attached hydrogen (secondary N) is 1. The molecule has 0 spiro atoms. The molecule has 0 radical (unpaired) electrons. The number of amides is 2. The summed E-state index contributed by atoms with van der Waals surface area (Å²) in [6.45, 7) is 0.610. The standard InChI is InChI=1S/C16H18N2O4/c19-13-12(17-14(20)16(8-9-16)15(21)22)7-4-10-18(13)11-5-2-1-3-6-11/h1-3,5-6,12H,4,7-10H2,(H,17,20)(H,21,22)/t12-/m0/s1. The molecule has 1 atom stereocenters. The third-order valence-electron chi connectivity index (χ3n) is 4.41. The Morgan fingerprint density at radius 1 is 1.23 bits per heavy atom. The van der Waals surface area contributed by atoms with Gasteiger partial charge in [0.05, 0.1) is 0 Å². The number of carbonyl (C=O) groups excluding carboxylic acids is 2. The van der Waals surface area contributed by atoms with Crippen molar-refractivity contribution in [1.82, 2.24) is 5.32 Å². The van der Waals surface area contributed by atoms with Gasteiger partial charge in [-0.15, -0.1) is 0 Å². The quantitative estimate of drug-likeness (QED) is 0.817. The monoisotopic (exact) mass is 302 g/mol. The summed E-state index contributed by atoms with van der Waals surface area (Å²) in [5, 5.41) is 11.8. The fraction of sp³-hybridized carbons (Fsp3) is 0.438. The van der Waals surface area contributed by atoms with Gasteiger partial charge in [0.2, 0.25) is 11.8 Å².